The predicted molar refractivity (Wildman–Crippen MR) is 178 cm³/mol. The van der Waals surface area contributed by atoms with Crippen molar-refractivity contribution in [2.24, 2.45) is 5.73 Å². The van der Waals surface area contributed by atoms with Crippen LogP contribution < -0.4 is 16.4 Å². The van der Waals surface area contributed by atoms with Crippen molar-refractivity contribution in [3.63, 3.8) is 0 Å². The fraction of sp³-hybridized carbons (Fsp3) is 0.412. The number of aromatic nitrogens is 7. The van der Waals surface area contributed by atoms with E-state index >= 15 is 0 Å². The number of H-pyrrole nitrogens is 1. The lowest BCUT2D eigenvalue weighted by atomic mass is 9.91. The van der Waals surface area contributed by atoms with Gasteiger partial charge in [0, 0.05) is 31.0 Å². The number of benzene rings is 2. The molecule has 0 spiro atoms. The molecule has 4 atom stereocenters. The normalized spacial score (nSPS) is 24.2. The number of aliphatic hydroxyl groups excluding tert-OH is 1. The van der Waals surface area contributed by atoms with Crippen LogP contribution in [0.4, 0.5) is 11.8 Å². The van der Waals surface area contributed by atoms with Crippen LogP contribution in [0, 0.1) is 0 Å². The summed E-state index contributed by atoms with van der Waals surface area (Å²) in [6, 6.07) is 21.0. The van der Waals surface area contributed by atoms with Crippen molar-refractivity contribution < 1.29 is 19.4 Å². The zero-order valence-corrected chi connectivity index (χ0v) is 26.6. The molecule has 2 aromatic carbocycles. The molecule has 0 amide bonds. The Kier molecular flexibility index (Phi) is 9.27. The monoisotopic (exact) mass is 652 g/mol. The molecule has 0 bridgehead atoms. The van der Waals surface area contributed by atoms with E-state index in [1.165, 1.54) is 0 Å². The van der Waals surface area contributed by atoms with Crippen LogP contribution in [0.5, 0.6) is 0 Å². The Morgan fingerprint density at radius 1 is 1.06 bits per heavy atom. The Morgan fingerprint density at radius 3 is 2.42 bits per heavy atom. The molecule has 7 rings (SSSR count). The second-order valence-corrected chi connectivity index (χ2v) is 12.4. The molecular weight excluding hydrogens is 612 g/mol. The maximum Gasteiger partial charge on any atom is 0.293 e. The van der Waals surface area contributed by atoms with E-state index in [-0.39, 0.29) is 18.0 Å². The lowest BCUT2D eigenvalue weighted by Gasteiger charge is -2.27. The number of ether oxygens (including phenoxy) is 2. The van der Waals surface area contributed by atoms with Crippen molar-refractivity contribution >= 4 is 29.4 Å². The number of carbonyl (C=O) groups excluding carboxylic acids is 1. The van der Waals surface area contributed by atoms with E-state index in [2.05, 4.69) is 50.1 Å². The lowest BCUT2D eigenvalue weighted by molar-refractivity contribution is -0.142. The zero-order valence-electron chi connectivity index (χ0n) is 26.6. The number of aryl methyl sites for hydroxylation is 1. The first-order valence-corrected chi connectivity index (χ1v) is 16.5. The van der Waals surface area contributed by atoms with Gasteiger partial charge in [-0.3, -0.25) is 9.36 Å². The Hall–Kier alpha value is -4.92. The number of rotatable bonds is 12. The first-order valence-electron chi connectivity index (χ1n) is 16.5. The molecule has 0 unspecified atom stereocenters. The minimum absolute atomic E-state index is 0.0325. The molecule has 14 nitrogen and oxygen atoms in total. The number of imidazole rings is 1. The molecular formula is C34H40N10O4. The van der Waals surface area contributed by atoms with E-state index in [1.807, 2.05) is 43.3 Å². The van der Waals surface area contributed by atoms with Crippen molar-refractivity contribution in [1.82, 2.24) is 34.7 Å². The number of nitrogens with two attached hydrogens (primary N) is 1. The van der Waals surface area contributed by atoms with Crippen LogP contribution in [-0.2, 0) is 20.7 Å². The third-order valence-electron chi connectivity index (χ3n) is 9.26. The highest BCUT2D eigenvalue weighted by Crippen LogP contribution is 2.41. The van der Waals surface area contributed by atoms with E-state index in [4.69, 9.17) is 30.2 Å². The summed E-state index contributed by atoms with van der Waals surface area (Å²) in [7, 11) is 0. The van der Waals surface area contributed by atoms with Gasteiger partial charge >= 0.3 is 0 Å². The standard InChI is InChI=1S/C34H40N10O4/c1-2-25-39-31(43-42-25)28-27(46)29(47-19-45)33(48-28)44-18-37-26-30(40-34(41-32(26)44)38-23-15-13-22(35)14-16-23)36-17-24(20-9-5-3-6-10-20)21-11-7-4-8-12-21/h3-12,18-19,22-24,27-29,33,46H,2,13-17,35H2,1H3,(H,39,42,43)(H2,36,38,40,41)/t22-,23-,27-,28+,29-,33-/m1/s1. The van der Waals surface area contributed by atoms with Gasteiger partial charge < -0.3 is 35.9 Å². The average molecular weight is 653 g/mol. The van der Waals surface area contributed by atoms with Gasteiger partial charge in [-0.05, 0) is 36.8 Å². The first kappa shape index (κ1) is 31.7. The summed E-state index contributed by atoms with van der Waals surface area (Å²) in [5.74, 6) is 1.99. The molecule has 4 heterocycles. The van der Waals surface area contributed by atoms with Gasteiger partial charge in [-0.25, -0.2) is 4.98 Å². The number of aromatic amines is 1. The molecule has 0 radical (unpaired) electrons. The predicted octanol–water partition coefficient (Wildman–Crippen LogP) is 3.61. The van der Waals surface area contributed by atoms with Crippen LogP contribution in [0.25, 0.3) is 11.2 Å². The summed E-state index contributed by atoms with van der Waals surface area (Å²) in [6.07, 6.45) is 1.66. The summed E-state index contributed by atoms with van der Waals surface area (Å²) in [5.41, 5.74) is 9.46. The van der Waals surface area contributed by atoms with Crippen molar-refractivity contribution in [3.8, 4) is 0 Å². The number of aliphatic hydroxyl groups is 1. The Balaban J connectivity index is 1.25. The lowest BCUT2D eigenvalue weighted by Crippen LogP contribution is -2.33. The number of nitrogens with zero attached hydrogens (tertiary/aromatic N) is 6. The van der Waals surface area contributed by atoms with Gasteiger partial charge in [-0.2, -0.15) is 9.97 Å². The van der Waals surface area contributed by atoms with Crippen LogP contribution >= 0.6 is 0 Å². The summed E-state index contributed by atoms with van der Waals surface area (Å²) in [4.78, 5) is 29.2. The van der Waals surface area contributed by atoms with E-state index < -0.39 is 24.5 Å². The number of hydrogen-bond acceptors (Lipinski definition) is 12. The Morgan fingerprint density at radius 2 is 1.77 bits per heavy atom. The van der Waals surface area contributed by atoms with Gasteiger partial charge in [-0.1, -0.05) is 67.6 Å². The molecule has 2 fully saturated rings. The second-order valence-electron chi connectivity index (χ2n) is 12.4. The molecule has 48 heavy (non-hydrogen) atoms. The first-order chi connectivity index (χ1) is 23.5. The van der Waals surface area contributed by atoms with Gasteiger partial charge in [0.15, 0.2) is 35.1 Å². The molecule has 1 aliphatic carbocycles. The van der Waals surface area contributed by atoms with Gasteiger partial charge in [-0.15, -0.1) is 10.2 Å². The zero-order chi connectivity index (χ0) is 33.0. The highest BCUT2D eigenvalue weighted by Gasteiger charge is 2.49. The summed E-state index contributed by atoms with van der Waals surface area (Å²) < 4.78 is 13.4. The number of nitrogens with one attached hydrogen (secondary N) is 3. The SMILES string of the molecule is CCc1nnc([C@H]2O[C@@H](n3cnc4c(NCC(c5ccccc5)c5ccccc5)nc(N[C@H]5CC[C@H](N)CC5)nc43)[C@H](OC=O)[C@@H]2O)[nH]1. The molecule has 5 aromatic rings. The molecule has 2 aliphatic rings. The van der Waals surface area contributed by atoms with E-state index in [1.54, 1.807) is 10.9 Å². The highest BCUT2D eigenvalue weighted by atomic mass is 16.6. The molecule has 250 valence electrons. The minimum atomic E-state index is -1.23. The Bertz CT molecular complexity index is 1770. The van der Waals surface area contributed by atoms with Crippen LogP contribution in [0.3, 0.4) is 0 Å². The number of carbonyl (C=O) groups is 1. The number of hydrogen-bond donors (Lipinski definition) is 5. The second kappa shape index (κ2) is 14.1. The average Bonchev–Trinajstić information content (AvgIpc) is 3.85. The Labute approximate surface area is 277 Å². The molecule has 1 saturated heterocycles. The van der Waals surface area contributed by atoms with Gasteiger partial charge in [0.25, 0.3) is 6.47 Å². The number of anilines is 2. The molecule has 1 aliphatic heterocycles. The summed E-state index contributed by atoms with van der Waals surface area (Å²) in [6.45, 7) is 2.78. The van der Waals surface area contributed by atoms with Crippen LogP contribution in [0.15, 0.2) is 67.0 Å². The van der Waals surface area contributed by atoms with E-state index in [0.717, 1.165) is 36.8 Å². The number of fused-ring (bicyclic) bond motifs is 1. The molecule has 1 saturated carbocycles. The van der Waals surface area contributed by atoms with Gasteiger partial charge in [0.05, 0.1) is 6.33 Å². The maximum atomic E-state index is 11.6. The molecule has 3 aromatic heterocycles. The van der Waals surface area contributed by atoms with Gasteiger partial charge in [0.2, 0.25) is 5.95 Å². The highest BCUT2D eigenvalue weighted by molar-refractivity contribution is 5.84. The van der Waals surface area contributed by atoms with Crippen LogP contribution in [-0.4, -0.2) is 77.1 Å². The van der Waals surface area contributed by atoms with Crippen molar-refractivity contribution in [3.05, 3.63) is 89.8 Å². The topological polar surface area (TPSA) is 191 Å². The van der Waals surface area contributed by atoms with Crippen molar-refractivity contribution in [2.75, 3.05) is 17.2 Å². The smallest absolute Gasteiger partial charge is 0.293 e. The van der Waals surface area contributed by atoms with E-state index in [9.17, 15) is 9.90 Å². The van der Waals surface area contributed by atoms with Crippen LogP contribution in [0.1, 0.15) is 73.6 Å². The van der Waals surface area contributed by atoms with Gasteiger partial charge in [0.1, 0.15) is 18.0 Å². The minimum Gasteiger partial charge on any atom is -0.457 e. The fourth-order valence-electron chi connectivity index (χ4n) is 6.64. The summed E-state index contributed by atoms with van der Waals surface area (Å²) in [5, 5.41) is 26.6. The van der Waals surface area contributed by atoms with E-state index in [0.29, 0.717) is 54.0 Å². The largest absolute Gasteiger partial charge is 0.457 e. The van der Waals surface area contributed by atoms with Crippen molar-refractivity contribution in [2.45, 2.75) is 81.6 Å². The quantitative estimate of drug-likeness (QED) is 0.123. The fourth-order valence-corrected chi connectivity index (χ4v) is 6.64. The third kappa shape index (κ3) is 6.46. The third-order valence-corrected chi connectivity index (χ3v) is 9.26. The molecule has 14 heteroatoms. The summed E-state index contributed by atoms with van der Waals surface area (Å²) >= 11 is 0. The van der Waals surface area contributed by atoms with Crippen LogP contribution in [0.2, 0.25) is 0 Å². The maximum absolute atomic E-state index is 11.6. The molecule has 6 N–H and O–H groups in total. The van der Waals surface area contributed by atoms with Crippen molar-refractivity contribution in [1.29, 1.82) is 0 Å².